The highest BCUT2D eigenvalue weighted by Crippen LogP contribution is 2.48. The first kappa shape index (κ1) is 25.9. The zero-order chi connectivity index (χ0) is 23.6. The molecular weight excluding hydrogens is 386 g/mol. The molecule has 2 aliphatic rings. The van der Waals surface area contributed by atoms with Crippen LogP contribution in [0.5, 0.6) is 0 Å². The third-order valence-corrected chi connectivity index (χ3v) is 6.40. The number of aryl methyl sites for hydroxylation is 1. The number of hydrogen-bond acceptors (Lipinski definition) is 1. The first-order valence-electron chi connectivity index (χ1n) is 12.4. The quantitative estimate of drug-likeness (QED) is 0.415. The van der Waals surface area contributed by atoms with Gasteiger partial charge in [0.2, 0.25) is 0 Å². The first-order valence-corrected chi connectivity index (χ1v) is 12.4. The van der Waals surface area contributed by atoms with Gasteiger partial charge in [-0.3, -0.25) is 0 Å². The van der Waals surface area contributed by atoms with E-state index in [-0.39, 0.29) is 0 Å². The highest BCUT2D eigenvalue weighted by molar-refractivity contribution is 5.58. The Morgan fingerprint density at radius 3 is 2.38 bits per heavy atom. The summed E-state index contributed by atoms with van der Waals surface area (Å²) in [6.45, 7) is 20.5. The van der Waals surface area contributed by atoms with E-state index in [2.05, 4.69) is 87.8 Å². The molecule has 2 aromatic rings. The van der Waals surface area contributed by atoms with Crippen molar-refractivity contribution in [2.75, 3.05) is 6.54 Å². The fourth-order valence-corrected chi connectivity index (χ4v) is 3.61. The van der Waals surface area contributed by atoms with Crippen molar-refractivity contribution in [1.82, 2.24) is 5.32 Å². The molecule has 1 N–H and O–H groups in total. The number of nitrogens with one attached hydrogen (secondary N) is 1. The van der Waals surface area contributed by atoms with Crippen molar-refractivity contribution in [3.05, 3.63) is 95.1 Å². The van der Waals surface area contributed by atoms with Gasteiger partial charge < -0.3 is 5.32 Å². The summed E-state index contributed by atoms with van der Waals surface area (Å²) >= 11 is 0. The van der Waals surface area contributed by atoms with Gasteiger partial charge in [-0.1, -0.05) is 107 Å². The van der Waals surface area contributed by atoms with Crippen LogP contribution in [0.4, 0.5) is 0 Å². The molecule has 0 atom stereocenters. The maximum absolute atomic E-state index is 4.16. The van der Waals surface area contributed by atoms with Crippen LogP contribution in [0.15, 0.2) is 67.3 Å². The summed E-state index contributed by atoms with van der Waals surface area (Å²) < 4.78 is 0. The lowest BCUT2D eigenvalue weighted by Gasteiger charge is -2.11. The van der Waals surface area contributed by atoms with Gasteiger partial charge in [-0.15, -0.1) is 0 Å². The van der Waals surface area contributed by atoms with E-state index >= 15 is 0 Å². The molecule has 2 fully saturated rings. The maximum Gasteiger partial charge on any atom is 0.0211 e. The van der Waals surface area contributed by atoms with E-state index in [0.29, 0.717) is 5.41 Å². The van der Waals surface area contributed by atoms with Crippen molar-refractivity contribution < 1.29 is 0 Å². The monoisotopic (exact) mass is 429 g/mol. The van der Waals surface area contributed by atoms with E-state index in [1.165, 1.54) is 59.1 Å². The fraction of sp³-hybridized carbons (Fsp3) is 0.419. The van der Waals surface area contributed by atoms with Crippen LogP contribution in [0.1, 0.15) is 81.2 Å². The molecular formula is C31H43N. The van der Waals surface area contributed by atoms with Crippen LogP contribution in [-0.4, -0.2) is 6.54 Å². The molecule has 0 heterocycles. The molecule has 0 aliphatic heterocycles. The third-order valence-electron chi connectivity index (χ3n) is 6.40. The molecule has 32 heavy (non-hydrogen) atoms. The van der Waals surface area contributed by atoms with Crippen LogP contribution in [0.3, 0.4) is 0 Å². The zero-order valence-electron chi connectivity index (χ0n) is 21.0. The van der Waals surface area contributed by atoms with Crippen LogP contribution >= 0.6 is 0 Å². The Labute approximate surface area is 197 Å². The highest BCUT2D eigenvalue weighted by atomic mass is 14.8. The summed E-state index contributed by atoms with van der Waals surface area (Å²) in [4.78, 5) is 0. The van der Waals surface area contributed by atoms with Gasteiger partial charge in [0.25, 0.3) is 0 Å². The summed E-state index contributed by atoms with van der Waals surface area (Å²) in [7, 11) is 0. The largest absolute Gasteiger partial charge is 0.313 e. The predicted molar refractivity (Wildman–Crippen MR) is 144 cm³/mol. The van der Waals surface area contributed by atoms with Crippen LogP contribution in [-0.2, 0) is 12.0 Å². The smallest absolute Gasteiger partial charge is 0.0211 e. The minimum absolute atomic E-state index is 0.462. The first-order chi connectivity index (χ1) is 15.5. The number of rotatable bonds is 8. The van der Waals surface area contributed by atoms with Crippen molar-refractivity contribution in [2.24, 2.45) is 5.92 Å². The molecule has 0 aromatic heterocycles. The summed E-state index contributed by atoms with van der Waals surface area (Å²) in [5, 5.41) is 3.29. The second-order valence-corrected chi connectivity index (χ2v) is 9.00. The van der Waals surface area contributed by atoms with Crippen molar-refractivity contribution in [3.8, 4) is 0 Å². The van der Waals surface area contributed by atoms with E-state index in [0.717, 1.165) is 19.0 Å². The Bertz CT molecular complexity index is 910. The second kappa shape index (κ2) is 12.6. The van der Waals surface area contributed by atoms with Gasteiger partial charge in [0.15, 0.2) is 0 Å². The molecule has 2 saturated carbocycles. The maximum atomic E-state index is 4.16. The fourth-order valence-electron chi connectivity index (χ4n) is 3.61. The zero-order valence-corrected chi connectivity index (χ0v) is 21.0. The van der Waals surface area contributed by atoms with Gasteiger partial charge >= 0.3 is 0 Å². The van der Waals surface area contributed by atoms with Gasteiger partial charge in [-0.25, -0.2) is 0 Å². The van der Waals surface area contributed by atoms with Gasteiger partial charge in [-0.05, 0) is 78.3 Å². The highest BCUT2D eigenvalue weighted by Gasteiger charge is 2.38. The molecule has 0 spiro atoms. The van der Waals surface area contributed by atoms with E-state index in [4.69, 9.17) is 0 Å². The Balaban J connectivity index is 0.000000227. The molecule has 1 nitrogen and oxygen atoms in total. The number of allylic oxidation sites excluding steroid dienone is 2. The van der Waals surface area contributed by atoms with Gasteiger partial charge in [-0.2, -0.15) is 0 Å². The van der Waals surface area contributed by atoms with Crippen LogP contribution in [0, 0.1) is 12.8 Å². The van der Waals surface area contributed by atoms with Crippen molar-refractivity contribution in [3.63, 3.8) is 0 Å². The minimum Gasteiger partial charge on any atom is -0.313 e. The molecule has 0 unspecified atom stereocenters. The van der Waals surface area contributed by atoms with E-state index in [9.17, 15) is 0 Å². The van der Waals surface area contributed by atoms with Crippen LogP contribution < -0.4 is 5.32 Å². The van der Waals surface area contributed by atoms with E-state index < -0.39 is 0 Å². The molecule has 0 bridgehead atoms. The topological polar surface area (TPSA) is 12.0 Å². The Morgan fingerprint density at radius 1 is 1.09 bits per heavy atom. The molecule has 4 rings (SSSR count). The molecule has 1 heteroatoms. The van der Waals surface area contributed by atoms with Crippen molar-refractivity contribution >= 4 is 12.2 Å². The normalized spacial score (nSPS) is 15.8. The standard InChI is InChI=1S/C18H22.C11H15N.C2H6/c1-13(15-7-8-15)4-6-16-12-17(9-5-14(16)2)18(3)10-11-18;1-3-10-7-5-6-8-11(10)9-12-4-2;1-2/h4-6,9,12,15H,1,7-8,10-11H2,2-3H3;3,5-8,12H,1,4,9H2,2H3;1-2H3/b6-4-;;. The Kier molecular flexibility index (Phi) is 10.2. The van der Waals surface area contributed by atoms with Crippen LogP contribution in [0.2, 0.25) is 0 Å². The summed E-state index contributed by atoms with van der Waals surface area (Å²) in [5.74, 6) is 0.769. The van der Waals surface area contributed by atoms with Crippen molar-refractivity contribution in [2.45, 2.75) is 72.3 Å². The second-order valence-electron chi connectivity index (χ2n) is 9.00. The summed E-state index contributed by atoms with van der Waals surface area (Å²) in [6.07, 6.45) is 11.7. The van der Waals surface area contributed by atoms with Crippen molar-refractivity contribution in [1.29, 1.82) is 0 Å². The summed E-state index contributed by atoms with van der Waals surface area (Å²) in [5.41, 5.74) is 8.53. The molecule has 0 radical (unpaired) electrons. The lowest BCUT2D eigenvalue weighted by atomic mass is 9.94. The summed E-state index contributed by atoms with van der Waals surface area (Å²) in [6, 6.07) is 15.2. The molecule has 0 saturated heterocycles. The molecule has 2 aliphatic carbocycles. The lowest BCUT2D eigenvalue weighted by Crippen LogP contribution is -2.12. The van der Waals surface area contributed by atoms with E-state index in [1.54, 1.807) is 0 Å². The minimum atomic E-state index is 0.462. The Morgan fingerprint density at radius 2 is 1.78 bits per heavy atom. The lowest BCUT2D eigenvalue weighted by molar-refractivity contribution is 0.726. The third kappa shape index (κ3) is 7.64. The van der Waals surface area contributed by atoms with Gasteiger partial charge in [0.1, 0.15) is 0 Å². The van der Waals surface area contributed by atoms with Gasteiger partial charge in [0.05, 0.1) is 0 Å². The average molecular weight is 430 g/mol. The molecule has 0 amide bonds. The molecule has 172 valence electrons. The number of benzene rings is 2. The predicted octanol–water partition coefficient (Wildman–Crippen LogP) is 8.49. The average Bonchev–Trinajstić information content (AvgIpc) is 3.76. The number of hydrogen-bond donors (Lipinski definition) is 1. The van der Waals surface area contributed by atoms with Crippen LogP contribution in [0.25, 0.3) is 12.2 Å². The SMILES string of the molecule is C=C(/C=C\c1cc(C2(C)CC2)ccc1C)C1CC1.C=Cc1ccccc1CNCC.CC. The van der Waals surface area contributed by atoms with E-state index in [1.807, 2.05) is 26.0 Å². The Hall–Kier alpha value is -2.38. The molecule has 2 aromatic carbocycles. The van der Waals surface area contributed by atoms with Gasteiger partial charge in [0, 0.05) is 6.54 Å².